The van der Waals surface area contributed by atoms with Gasteiger partial charge in [0.15, 0.2) is 0 Å². The second kappa shape index (κ2) is 3.38. The lowest BCUT2D eigenvalue weighted by Gasteiger charge is -2.09. The van der Waals surface area contributed by atoms with Gasteiger partial charge in [-0.3, -0.25) is 4.98 Å². The molecule has 0 saturated heterocycles. The van der Waals surface area contributed by atoms with Gasteiger partial charge in [-0.05, 0) is 30.9 Å². The Labute approximate surface area is 81.8 Å². The molecule has 0 bridgehead atoms. The summed E-state index contributed by atoms with van der Waals surface area (Å²) < 4.78 is 0. The van der Waals surface area contributed by atoms with Crippen LogP contribution in [-0.2, 0) is 0 Å². The first-order valence-corrected chi connectivity index (χ1v) is 4.63. The second-order valence-electron chi connectivity index (χ2n) is 3.64. The molecule has 1 unspecified atom stereocenters. The predicted molar refractivity (Wildman–Crippen MR) is 50.8 cm³/mol. The number of nitrogens with two attached hydrogens (primary N) is 1. The molecule has 4 heteroatoms. The van der Waals surface area contributed by atoms with Crippen molar-refractivity contribution in [3.8, 4) is 0 Å². The highest BCUT2D eigenvalue weighted by Crippen LogP contribution is 2.38. The molecule has 3 N–H and O–H groups in total. The van der Waals surface area contributed by atoms with E-state index in [2.05, 4.69) is 4.98 Å². The molecule has 14 heavy (non-hydrogen) atoms. The van der Waals surface area contributed by atoms with Crippen molar-refractivity contribution in [1.29, 1.82) is 0 Å². The van der Waals surface area contributed by atoms with Gasteiger partial charge in [-0.25, -0.2) is 4.79 Å². The van der Waals surface area contributed by atoms with Crippen LogP contribution in [0.4, 0.5) is 0 Å². The SMILES string of the molecule is NC(c1cc(C(=O)O)ccn1)C1CC1. The van der Waals surface area contributed by atoms with Crippen molar-refractivity contribution in [2.24, 2.45) is 11.7 Å². The number of carboxylic acid groups (broad SMARTS) is 1. The predicted octanol–water partition coefficient (Wildman–Crippen LogP) is 1.19. The smallest absolute Gasteiger partial charge is 0.335 e. The van der Waals surface area contributed by atoms with Crippen LogP contribution in [0.1, 0.15) is 34.9 Å². The molecule has 0 amide bonds. The molecule has 1 aromatic heterocycles. The maximum Gasteiger partial charge on any atom is 0.335 e. The van der Waals surface area contributed by atoms with Crippen molar-refractivity contribution in [2.75, 3.05) is 0 Å². The van der Waals surface area contributed by atoms with E-state index in [1.54, 1.807) is 6.07 Å². The molecule has 4 nitrogen and oxygen atoms in total. The van der Waals surface area contributed by atoms with Crippen LogP contribution in [0.25, 0.3) is 0 Å². The fraction of sp³-hybridized carbons (Fsp3) is 0.400. The fourth-order valence-electron chi connectivity index (χ4n) is 1.46. The summed E-state index contributed by atoms with van der Waals surface area (Å²) in [6, 6.07) is 2.94. The van der Waals surface area contributed by atoms with Crippen molar-refractivity contribution < 1.29 is 9.90 Å². The van der Waals surface area contributed by atoms with E-state index in [1.807, 2.05) is 0 Å². The molecule has 74 valence electrons. The lowest BCUT2D eigenvalue weighted by Crippen LogP contribution is -2.14. The summed E-state index contributed by atoms with van der Waals surface area (Å²) in [7, 11) is 0. The Bertz CT molecular complexity index is 361. The Hall–Kier alpha value is -1.42. The minimum atomic E-state index is -0.934. The molecule has 0 radical (unpaired) electrons. The maximum absolute atomic E-state index is 10.7. The second-order valence-corrected chi connectivity index (χ2v) is 3.64. The molecule has 1 aliphatic carbocycles. The van der Waals surface area contributed by atoms with Crippen molar-refractivity contribution in [1.82, 2.24) is 4.98 Å². The first-order chi connectivity index (χ1) is 6.68. The van der Waals surface area contributed by atoms with Crippen molar-refractivity contribution in [2.45, 2.75) is 18.9 Å². The lowest BCUT2D eigenvalue weighted by molar-refractivity contribution is 0.0696. The zero-order chi connectivity index (χ0) is 10.1. The van der Waals surface area contributed by atoms with E-state index in [1.165, 1.54) is 12.3 Å². The van der Waals surface area contributed by atoms with Crippen LogP contribution in [0.5, 0.6) is 0 Å². The van der Waals surface area contributed by atoms with E-state index in [4.69, 9.17) is 10.8 Å². The molecule has 1 fully saturated rings. The van der Waals surface area contributed by atoms with E-state index in [-0.39, 0.29) is 11.6 Å². The molecule has 1 heterocycles. The third kappa shape index (κ3) is 1.75. The normalized spacial score (nSPS) is 17.8. The minimum Gasteiger partial charge on any atom is -0.478 e. The molecule has 2 rings (SSSR count). The summed E-state index contributed by atoms with van der Waals surface area (Å²) in [4.78, 5) is 14.8. The number of nitrogens with zero attached hydrogens (tertiary/aromatic N) is 1. The third-order valence-corrected chi connectivity index (χ3v) is 2.50. The number of carbonyl (C=O) groups is 1. The van der Waals surface area contributed by atoms with Gasteiger partial charge < -0.3 is 10.8 Å². The highest BCUT2D eigenvalue weighted by molar-refractivity contribution is 5.87. The minimum absolute atomic E-state index is 0.103. The summed E-state index contributed by atoms with van der Waals surface area (Å²) in [5.41, 5.74) is 6.86. The molecule has 0 aliphatic heterocycles. The highest BCUT2D eigenvalue weighted by Gasteiger charge is 2.30. The largest absolute Gasteiger partial charge is 0.478 e. The van der Waals surface area contributed by atoms with E-state index in [0.717, 1.165) is 12.8 Å². The van der Waals surface area contributed by atoms with E-state index in [0.29, 0.717) is 11.6 Å². The molecule has 0 spiro atoms. The first kappa shape index (κ1) is 9.15. The van der Waals surface area contributed by atoms with E-state index in [9.17, 15) is 4.79 Å². The summed E-state index contributed by atoms with van der Waals surface area (Å²) in [5.74, 6) is -0.441. The summed E-state index contributed by atoms with van der Waals surface area (Å²) in [6.45, 7) is 0. The standard InChI is InChI=1S/C10H12N2O2/c11-9(6-1-2-6)8-5-7(10(13)14)3-4-12-8/h3-6,9H,1-2,11H2,(H,13,14). The summed E-state index contributed by atoms with van der Waals surface area (Å²) in [6.07, 6.45) is 3.75. The number of rotatable bonds is 3. The monoisotopic (exact) mass is 192 g/mol. The quantitative estimate of drug-likeness (QED) is 0.754. The van der Waals surface area contributed by atoms with Crippen LogP contribution in [-0.4, -0.2) is 16.1 Å². The van der Waals surface area contributed by atoms with Gasteiger partial charge in [-0.15, -0.1) is 0 Å². The number of hydrogen-bond acceptors (Lipinski definition) is 3. The van der Waals surface area contributed by atoms with Crippen LogP contribution < -0.4 is 5.73 Å². The Balaban J connectivity index is 2.24. The Morgan fingerprint density at radius 3 is 2.93 bits per heavy atom. The van der Waals surface area contributed by atoms with Crippen LogP contribution in [0, 0.1) is 5.92 Å². The molecular weight excluding hydrogens is 180 g/mol. The summed E-state index contributed by atoms with van der Waals surface area (Å²) in [5, 5.41) is 8.78. The Morgan fingerprint density at radius 2 is 2.36 bits per heavy atom. The lowest BCUT2D eigenvalue weighted by atomic mass is 10.1. The van der Waals surface area contributed by atoms with Gasteiger partial charge in [-0.1, -0.05) is 0 Å². The van der Waals surface area contributed by atoms with Crippen LogP contribution in [0.15, 0.2) is 18.3 Å². The molecule has 1 atom stereocenters. The van der Waals surface area contributed by atoms with Crippen molar-refractivity contribution >= 4 is 5.97 Å². The summed E-state index contributed by atoms with van der Waals surface area (Å²) >= 11 is 0. The zero-order valence-electron chi connectivity index (χ0n) is 7.68. The van der Waals surface area contributed by atoms with Gasteiger partial charge in [0.05, 0.1) is 11.3 Å². The van der Waals surface area contributed by atoms with Gasteiger partial charge in [0.25, 0.3) is 0 Å². The highest BCUT2D eigenvalue weighted by atomic mass is 16.4. The van der Waals surface area contributed by atoms with Crippen molar-refractivity contribution in [3.05, 3.63) is 29.6 Å². The van der Waals surface area contributed by atoms with Gasteiger partial charge in [-0.2, -0.15) is 0 Å². The average Bonchev–Trinajstić information content (AvgIpc) is 3.00. The average molecular weight is 192 g/mol. The third-order valence-electron chi connectivity index (χ3n) is 2.50. The van der Waals surface area contributed by atoms with E-state index < -0.39 is 5.97 Å². The van der Waals surface area contributed by atoms with Crippen LogP contribution in [0.2, 0.25) is 0 Å². The molecule has 0 aromatic carbocycles. The van der Waals surface area contributed by atoms with Gasteiger partial charge in [0.2, 0.25) is 0 Å². The van der Waals surface area contributed by atoms with Crippen LogP contribution in [0.3, 0.4) is 0 Å². The van der Waals surface area contributed by atoms with Gasteiger partial charge >= 0.3 is 5.97 Å². The zero-order valence-corrected chi connectivity index (χ0v) is 7.68. The topological polar surface area (TPSA) is 76.2 Å². The fourth-order valence-corrected chi connectivity index (χ4v) is 1.46. The van der Waals surface area contributed by atoms with Gasteiger partial charge in [0.1, 0.15) is 0 Å². The molecule has 1 aliphatic rings. The first-order valence-electron chi connectivity index (χ1n) is 4.63. The number of hydrogen-bond donors (Lipinski definition) is 2. The molecule has 1 aromatic rings. The van der Waals surface area contributed by atoms with Crippen LogP contribution >= 0.6 is 0 Å². The molecule has 1 saturated carbocycles. The Kier molecular flexibility index (Phi) is 2.21. The van der Waals surface area contributed by atoms with Gasteiger partial charge in [0, 0.05) is 12.2 Å². The number of aromatic carboxylic acids is 1. The van der Waals surface area contributed by atoms with Crippen molar-refractivity contribution in [3.63, 3.8) is 0 Å². The number of aromatic nitrogens is 1. The molecular formula is C10H12N2O2. The van der Waals surface area contributed by atoms with E-state index >= 15 is 0 Å². The maximum atomic E-state index is 10.7. The Morgan fingerprint density at radius 1 is 1.64 bits per heavy atom. The number of carboxylic acids is 1. The number of pyridine rings is 1.